The van der Waals surface area contributed by atoms with E-state index in [0.29, 0.717) is 4.47 Å². The molecule has 0 aliphatic carbocycles. The summed E-state index contributed by atoms with van der Waals surface area (Å²) in [7, 11) is 0. The molecular formula is C15H21BrFN. The fourth-order valence-electron chi connectivity index (χ4n) is 1.94. The van der Waals surface area contributed by atoms with E-state index in [1.165, 1.54) is 0 Å². The highest BCUT2D eigenvalue weighted by Crippen LogP contribution is 2.27. The molecule has 0 aromatic heterocycles. The lowest BCUT2D eigenvalue weighted by Gasteiger charge is -2.19. The Labute approximate surface area is 118 Å². The molecule has 0 bridgehead atoms. The summed E-state index contributed by atoms with van der Waals surface area (Å²) >= 11 is 3.25. The van der Waals surface area contributed by atoms with Gasteiger partial charge in [0.2, 0.25) is 0 Å². The van der Waals surface area contributed by atoms with Crippen LogP contribution in [0.2, 0.25) is 0 Å². The number of rotatable bonds is 8. The van der Waals surface area contributed by atoms with Crippen molar-refractivity contribution in [2.75, 3.05) is 6.54 Å². The fourth-order valence-corrected chi connectivity index (χ4v) is 2.32. The molecule has 0 amide bonds. The van der Waals surface area contributed by atoms with Gasteiger partial charge in [-0.1, -0.05) is 25.1 Å². The zero-order chi connectivity index (χ0) is 13.4. The van der Waals surface area contributed by atoms with Crippen molar-refractivity contribution in [3.63, 3.8) is 0 Å². The molecule has 0 aliphatic heterocycles. The second-order valence-electron chi connectivity index (χ2n) is 4.37. The summed E-state index contributed by atoms with van der Waals surface area (Å²) in [6, 6.07) is 5.57. The Morgan fingerprint density at radius 2 is 2.28 bits per heavy atom. The molecule has 0 fully saturated rings. The monoisotopic (exact) mass is 313 g/mol. The second-order valence-corrected chi connectivity index (χ2v) is 5.22. The molecule has 1 aromatic rings. The predicted molar refractivity (Wildman–Crippen MR) is 79.2 cm³/mol. The van der Waals surface area contributed by atoms with Crippen LogP contribution in [-0.2, 0) is 0 Å². The summed E-state index contributed by atoms with van der Waals surface area (Å²) in [6.45, 7) is 6.75. The van der Waals surface area contributed by atoms with E-state index in [1.807, 2.05) is 18.2 Å². The van der Waals surface area contributed by atoms with Crippen LogP contribution < -0.4 is 5.32 Å². The van der Waals surface area contributed by atoms with Crippen molar-refractivity contribution in [1.82, 2.24) is 5.32 Å². The predicted octanol–water partition coefficient (Wildman–Crippen LogP) is 4.99. The van der Waals surface area contributed by atoms with Gasteiger partial charge in [-0.2, -0.15) is 0 Å². The highest BCUT2D eigenvalue weighted by molar-refractivity contribution is 9.10. The van der Waals surface area contributed by atoms with Gasteiger partial charge >= 0.3 is 0 Å². The SMILES string of the molecule is C=CCCCC(NCCC)c1cccc(Br)c1F. The minimum atomic E-state index is -0.148. The normalized spacial score (nSPS) is 12.4. The van der Waals surface area contributed by atoms with Crippen LogP contribution in [0.25, 0.3) is 0 Å². The minimum absolute atomic E-state index is 0.0856. The number of allylic oxidation sites excluding steroid dienone is 1. The molecule has 0 radical (unpaired) electrons. The third-order valence-electron chi connectivity index (χ3n) is 2.90. The first-order valence-corrected chi connectivity index (χ1v) is 7.28. The number of nitrogens with one attached hydrogen (secondary N) is 1. The molecule has 1 unspecified atom stereocenters. The Morgan fingerprint density at radius 3 is 2.94 bits per heavy atom. The average Bonchev–Trinajstić information content (AvgIpc) is 2.37. The molecule has 0 heterocycles. The third kappa shape index (κ3) is 4.54. The van der Waals surface area contributed by atoms with Crippen LogP contribution >= 0.6 is 15.9 Å². The maximum atomic E-state index is 14.1. The van der Waals surface area contributed by atoms with Crippen LogP contribution in [0, 0.1) is 5.82 Å². The Hall–Kier alpha value is -0.670. The quantitative estimate of drug-likeness (QED) is 0.527. The van der Waals surface area contributed by atoms with Crippen LogP contribution in [-0.4, -0.2) is 6.54 Å². The lowest BCUT2D eigenvalue weighted by atomic mass is 10.00. The molecule has 0 saturated heterocycles. The lowest BCUT2D eigenvalue weighted by Crippen LogP contribution is -2.23. The number of hydrogen-bond donors (Lipinski definition) is 1. The van der Waals surface area contributed by atoms with E-state index in [4.69, 9.17) is 0 Å². The molecule has 1 rings (SSSR count). The Morgan fingerprint density at radius 1 is 1.50 bits per heavy atom. The van der Waals surface area contributed by atoms with Crippen molar-refractivity contribution in [2.24, 2.45) is 0 Å². The van der Waals surface area contributed by atoms with Crippen LogP contribution in [0.3, 0.4) is 0 Å². The zero-order valence-corrected chi connectivity index (χ0v) is 12.5. The Bertz CT molecular complexity index is 379. The smallest absolute Gasteiger partial charge is 0.142 e. The third-order valence-corrected chi connectivity index (χ3v) is 3.51. The van der Waals surface area contributed by atoms with Gasteiger partial charge in [0.1, 0.15) is 5.82 Å². The topological polar surface area (TPSA) is 12.0 Å². The van der Waals surface area contributed by atoms with E-state index in [1.54, 1.807) is 6.07 Å². The summed E-state index contributed by atoms with van der Waals surface area (Å²) in [6.07, 6.45) is 5.89. The van der Waals surface area contributed by atoms with Gasteiger partial charge in [-0.25, -0.2) is 4.39 Å². The number of unbranched alkanes of at least 4 members (excludes halogenated alkanes) is 1. The van der Waals surface area contributed by atoms with E-state index >= 15 is 0 Å². The van der Waals surface area contributed by atoms with E-state index in [-0.39, 0.29) is 11.9 Å². The minimum Gasteiger partial charge on any atom is -0.310 e. The zero-order valence-electron chi connectivity index (χ0n) is 10.9. The lowest BCUT2D eigenvalue weighted by molar-refractivity contribution is 0.462. The largest absolute Gasteiger partial charge is 0.310 e. The first-order valence-electron chi connectivity index (χ1n) is 6.48. The summed E-state index contributed by atoms with van der Waals surface area (Å²) in [5, 5.41) is 3.42. The van der Waals surface area contributed by atoms with Crippen molar-refractivity contribution in [1.29, 1.82) is 0 Å². The van der Waals surface area contributed by atoms with Gasteiger partial charge in [0.05, 0.1) is 4.47 Å². The summed E-state index contributed by atoms with van der Waals surface area (Å²) in [5.74, 6) is -0.148. The Balaban J connectivity index is 2.79. The maximum Gasteiger partial charge on any atom is 0.142 e. The van der Waals surface area contributed by atoms with Gasteiger partial charge in [-0.05, 0) is 54.2 Å². The molecule has 3 heteroatoms. The molecule has 100 valence electrons. The van der Waals surface area contributed by atoms with Crippen molar-refractivity contribution < 1.29 is 4.39 Å². The summed E-state index contributed by atoms with van der Waals surface area (Å²) < 4.78 is 14.6. The molecule has 0 spiro atoms. The summed E-state index contributed by atoms with van der Waals surface area (Å²) in [4.78, 5) is 0. The van der Waals surface area contributed by atoms with Crippen LogP contribution in [0.5, 0.6) is 0 Å². The number of halogens is 2. The van der Waals surface area contributed by atoms with Crippen LogP contribution in [0.4, 0.5) is 4.39 Å². The van der Waals surface area contributed by atoms with E-state index < -0.39 is 0 Å². The van der Waals surface area contributed by atoms with Gasteiger partial charge in [0, 0.05) is 11.6 Å². The molecule has 1 atom stereocenters. The molecule has 0 saturated carbocycles. The molecule has 1 N–H and O–H groups in total. The molecular weight excluding hydrogens is 293 g/mol. The molecule has 0 aliphatic rings. The van der Waals surface area contributed by atoms with Gasteiger partial charge in [-0.3, -0.25) is 0 Å². The fraction of sp³-hybridized carbons (Fsp3) is 0.467. The number of benzene rings is 1. The number of hydrogen-bond acceptors (Lipinski definition) is 1. The van der Waals surface area contributed by atoms with Crippen molar-refractivity contribution in [3.8, 4) is 0 Å². The van der Waals surface area contributed by atoms with E-state index in [0.717, 1.165) is 37.8 Å². The van der Waals surface area contributed by atoms with Crippen LogP contribution in [0.15, 0.2) is 35.3 Å². The van der Waals surface area contributed by atoms with E-state index in [9.17, 15) is 4.39 Å². The first-order chi connectivity index (χ1) is 8.70. The van der Waals surface area contributed by atoms with Gasteiger partial charge < -0.3 is 5.32 Å². The molecule has 18 heavy (non-hydrogen) atoms. The average molecular weight is 314 g/mol. The van der Waals surface area contributed by atoms with Gasteiger partial charge in [-0.15, -0.1) is 6.58 Å². The maximum absolute atomic E-state index is 14.1. The van der Waals surface area contributed by atoms with Crippen LogP contribution in [0.1, 0.15) is 44.2 Å². The Kier molecular flexibility index (Phi) is 7.21. The van der Waals surface area contributed by atoms with Gasteiger partial charge in [0.25, 0.3) is 0 Å². The molecule has 1 aromatic carbocycles. The molecule has 1 nitrogen and oxygen atoms in total. The van der Waals surface area contributed by atoms with Crippen molar-refractivity contribution >= 4 is 15.9 Å². The van der Waals surface area contributed by atoms with E-state index in [2.05, 4.69) is 34.7 Å². The van der Waals surface area contributed by atoms with Crippen molar-refractivity contribution in [2.45, 2.75) is 38.6 Å². The summed E-state index contributed by atoms with van der Waals surface area (Å²) in [5.41, 5.74) is 0.752. The highest BCUT2D eigenvalue weighted by Gasteiger charge is 2.16. The standard InChI is InChI=1S/C15H21BrFN/c1-3-5-6-10-14(18-11-4-2)12-8-7-9-13(16)15(12)17/h3,7-9,14,18H,1,4-6,10-11H2,2H3. The van der Waals surface area contributed by atoms with Gasteiger partial charge in [0.15, 0.2) is 0 Å². The van der Waals surface area contributed by atoms with Crippen molar-refractivity contribution in [3.05, 3.63) is 46.7 Å². The first kappa shape index (κ1) is 15.4. The second kappa shape index (κ2) is 8.44. The highest BCUT2D eigenvalue weighted by atomic mass is 79.9.